The number of allylic oxidation sites excluding steroid dienone is 1. The average molecular weight is 418 g/mol. The minimum atomic E-state index is -0.657. The van der Waals surface area contributed by atoms with Crippen LogP contribution in [0.3, 0.4) is 0 Å². The zero-order valence-corrected chi connectivity index (χ0v) is 16.8. The van der Waals surface area contributed by atoms with E-state index in [0.29, 0.717) is 11.4 Å². The Balaban J connectivity index is 1.86. The number of para-hydroxylation sites is 1. The zero-order valence-electron chi connectivity index (χ0n) is 16.8. The van der Waals surface area contributed by atoms with Gasteiger partial charge < -0.3 is 5.32 Å². The van der Waals surface area contributed by atoms with Crippen LogP contribution in [-0.4, -0.2) is 26.9 Å². The highest BCUT2D eigenvalue weighted by atomic mass is 16.6. The predicted octanol–water partition coefficient (Wildman–Crippen LogP) is 4.58. The van der Waals surface area contributed by atoms with E-state index in [9.17, 15) is 20.2 Å². The molecule has 0 fully saturated rings. The smallest absolute Gasteiger partial charge is 0.301 e. The number of nitro benzene ring substituents is 2. The lowest BCUT2D eigenvalue weighted by molar-refractivity contribution is -0.392. The molecule has 0 saturated carbocycles. The molecule has 10 heteroatoms. The Labute approximate surface area is 177 Å². The van der Waals surface area contributed by atoms with Crippen LogP contribution in [0, 0.1) is 20.2 Å². The molecule has 0 spiro atoms. The molecule has 0 bridgehead atoms. The first-order valence-corrected chi connectivity index (χ1v) is 9.27. The summed E-state index contributed by atoms with van der Waals surface area (Å²) in [6, 6.07) is 13.6. The number of pyridine rings is 1. The van der Waals surface area contributed by atoms with Crippen LogP contribution in [0.4, 0.5) is 22.7 Å². The van der Waals surface area contributed by atoms with Gasteiger partial charge in [0.25, 0.3) is 5.69 Å². The number of rotatable bonds is 5. The largest absolute Gasteiger partial charge is 0.345 e. The van der Waals surface area contributed by atoms with Crippen molar-refractivity contribution in [1.82, 2.24) is 9.99 Å². The van der Waals surface area contributed by atoms with Gasteiger partial charge in [0, 0.05) is 13.2 Å². The van der Waals surface area contributed by atoms with Crippen molar-refractivity contribution in [3.63, 3.8) is 0 Å². The van der Waals surface area contributed by atoms with Gasteiger partial charge >= 0.3 is 5.69 Å². The third-order valence-corrected chi connectivity index (χ3v) is 5.19. The molecule has 0 saturated heterocycles. The lowest BCUT2D eigenvalue weighted by Crippen LogP contribution is -2.32. The van der Waals surface area contributed by atoms with Crippen LogP contribution in [0.1, 0.15) is 6.92 Å². The fraction of sp³-hybridized carbons (Fsp3) is 0.0952. The second-order valence-electron chi connectivity index (χ2n) is 6.91. The van der Waals surface area contributed by atoms with Gasteiger partial charge in [-0.2, -0.15) is 0 Å². The second-order valence-corrected chi connectivity index (χ2v) is 6.91. The van der Waals surface area contributed by atoms with Crippen molar-refractivity contribution < 1.29 is 9.85 Å². The molecular weight excluding hydrogens is 400 g/mol. The molecule has 1 N–H and O–H groups in total. The first kappa shape index (κ1) is 19.8. The number of nitrogens with zero attached hydrogens (tertiary/aromatic N) is 5. The van der Waals surface area contributed by atoms with Crippen LogP contribution in [0.2, 0.25) is 0 Å². The van der Waals surface area contributed by atoms with Gasteiger partial charge in [-0.1, -0.05) is 24.8 Å². The van der Waals surface area contributed by atoms with E-state index in [0.717, 1.165) is 17.5 Å². The Hall–Kier alpha value is -4.47. The Morgan fingerprint density at radius 1 is 1.03 bits per heavy atom. The number of fused-ring (bicyclic) bond motifs is 1. The maximum Gasteiger partial charge on any atom is 0.301 e. The maximum atomic E-state index is 11.8. The van der Waals surface area contributed by atoms with E-state index < -0.39 is 15.5 Å². The van der Waals surface area contributed by atoms with Crippen molar-refractivity contribution in [2.24, 2.45) is 0 Å². The summed E-state index contributed by atoms with van der Waals surface area (Å²) < 4.78 is 0. The fourth-order valence-corrected chi connectivity index (χ4v) is 3.62. The molecule has 0 atom stereocenters. The van der Waals surface area contributed by atoms with E-state index in [1.54, 1.807) is 6.07 Å². The molecule has 2 heterocycles. The molecule has 31 heavy (non-hydrogen) atoms. The van der Waals surface area contributed by atoms with Crippen molar-refractivity contribution in [3.05, 3.63) is 98.6 Å². The first-order valence-electron chi connectivity index (χ1n) is 9.27. The number of nitrogens with one attached hydrogen (secondary N) is 1. The Kier molecular flexibility index (Phi) is 4.74. The molecule has 1 aliphatic heterocycles. The molecule has 2 aromatic carbocycles. The fourth-order valence-electron chi connectivity index (χ4n) is 3.62. The molecule has 0 unspecified atom stereocenters. The monoisotopic (exact) mass is 418 g/mol. The summed E-state index contributed by atoms with van der Waals surface area (Å²) in [4.78, 5) is 26.2. The highest BCUT2D eigenvalue weighted by molar-refractivity contribution is 6.02. The number of aromatic nitrogens is 1. The molecule has 156 valence electrons. The summed E-state index contributed by atoms with van der Waals surface area (Å²) in [6.45, 7) is 6.01. The van der Waals surface area contributed by atoms with Gasteiger partial charge in [-0.3, -0.25) is 35.2 Å². The number of hydrogen-bond acceptors (Lipinski definition) is 8. The summed E-state index contributed by atoms with van der Waals surface area (Å²) >= 11 is 0. The summed E-state index contributed by atoms with van der Waals surface area (Å²) in [7, 11) is 1.85. The van der Waals surface area contributed by atoms with Crippen LogP contribution < -0.4 is 10.3 Å². The molecule has 10 nitrogen and oxygen atoms in total. The maximum absolute atomic E-state index is 11.8. The number of hydrogen-bond donors (Lipinski definition) is 1. The van der Waals surface area contributed by atoms with E-state index in [1.165, 1.54) is 12.3 Å². The van der Waals surface area contributed by atoms with Gasteiger partial charge in [0.2, 0.25) is 0 Å². The van der Waals surface area contributed by atoms with Crippen LogP contribution >= 0.6 is 0 Å². The molecule has 0 radical (unpaired) electrons. The first-order chi connectivity index (χ1) is 14.8. The zero-order chi connectivity index (χ0) is 22.3. The van der Waals surface area contributed by atoms with Gasteiger partial charge in [-0.15, -0.1) is 0 Å². The Morgan fingerprint density at radius 2 is 1.71 bits per heavy atom. The molecular formula is C21H18N6O4. The Bertz CT molecular complexity index is 1270. The summed E-state index contributed by atoms with van der Waals surface area (Å²) in [5.41, 5.74) is 2.16. The highest BCUT2D eigenvalue weighted by Gasteiger charge is 2.33. The third kappa shape index (κ3) is 3.19. The van der Waals surface area contributed by atoms with Crippen molar-refractivity contribution in [3.8, 4) is 0 Å². The number of hydrazine groups is 1. The van der Waals surface area contributed by atoms with Crippen molar-refractivity contribution in [2.45, 2.75) is 6.92 Å². The van der Waals surface area contributed by atoms with Crippen molar-refractivity contribution in [2.75, 3.05) is 17.4 Å². The standard InChI is InChI=1S/C21H18N6O4/c1-13-19(14(2)25(24(13)3)15-8-5-4-6-9-15)23-21-18(27(30)31)12-17(26(28)29)16-10-7-11-22-20(16)21/h4-12,23H,2H2,1,3H3. The van der Waals surface area contributed by atoms with Crippen molar-refractivity contribution in [1.29, 1.82) is 0 Å². The lowest BCUT2D eigenvalue weighted by Gasteiger charge is -2.29. The topological polar surface area (TPSA) is 118 Å². The van der Waals surface area contributed by atoms with Gasteiger partial charge in [0.1, 0.15) is 11.2 Å². The van der Waals surface area contributed by atoms with E-state index in [1.807, 2.05) is 54.3 Å². The summed E-state index contributed by atoms with van der Waals surface area (Å²) in [6.07, 6.45) is 1.44. The number of non-ortho nitro benzene ring substituents is 1. The normalized spacial score (nSPS) is 13.8. The lowest BCUT2D eigenvalue weighted by atomic mass is 10.1. The van der Waals surface area contributed by atoms with Crippen LogP contribution in [0.15, 0.2) is 78.4 Å². The molecule has 3 aromatic rings. The van der Waals surface area contributed by atoms with Crippen LogP contribution in [0.25, 0.3) is 10.9 Å². The minimum Gasteiger partial charge on any atom is -0.345 e. The second kappa shape index (κ2) is 7.41. The predicted molar refractivity (Wildman–Crippen MR) is 117 cm³/mol. The SMILES string of the molecule is C=C1C(Nc2c([N+](=O)[O-])cc([N+](=O)[O-])c3cccnc23)=C(C)N(C)N1c1ccccc1. The third-order valence-electron chi connectivity index (χ3n) is 5.19. The summed E-state index contributed by atoms with van der Waals surface area (Å²) in [5, 5.41) is 30.3. The molecule has 0 amide bonds. The van der Waals surface area contributed by atoms with E-state index in [4.69, 9.17) is 0 Å². The number of nitro groups is 2. The van der Waals surface area contributed by atoms with Crippen molar-refractivity contribution >= 4 is 33.7 Å². The van der Waals surface area contributed by atoms with Gasteiger partial charge in [-0.25, -0.2) is 0 Å². The minimum absolute atomic E-state index is 0.0741. The average Bonchev–Trinajstić information content (AvgIpc) is 2.97. The van der Waals surface area contributed by atoms with Gasteiger partial charge in [-0.05, 0) is 31.2 Å². The summed E-state index contributed by atoms with van der Waals surface area (Å²) in [5.74, 6) is 0. The Morgan fingerprint density at radius 3 is 2.35 bits per heavy atom. The highest BCUT2D eigenvalue weighted by Crippen LogP contribution is 2.42. The van der Waals surface area contributed by atoms with Gasteiger partial charge in [0.15, 0.2) is 0 Å². The molecule has 4 rings (SSSR count). The van der Waals surface area contributed by atoms with Crippen LogP contribution in [0.5, 0.6) is 0 Å². The molecule has 0 aliphatic carbocycles. The molecule has 1 aromatic heterocycles. The van der Waals surface area contributed by atoms with Gasteiger partial charge in [0.05, 0.1) is 44.1 Å². The van der Waals surface area contributed by atoms with E-state index in [-0.39, 0.29) is 22.3 Å². The molecule has 1 aliphatic rings. The number of benzene rings is 2. The van der Waals surface area contributed by atoms with E-state index >= 15 is 0 Å². The van der Waals surface area contributed by atoms with E-state index in [2.05, 4.69) is 16.9 Å². The number of anilines is 2. The quantitative estimate of drug-likeness (QED) is 0.473. The van der Waals surface area contributed by atoms with Crippen LogP contribution in [-0.2, 0) is 0 Å².